The molecule has 1 aliphatic rings. The van der Waals surface area contributed by atoms with Crippen molar-refractivity contribution in [2.24, 2.45) is 5.73 Å². The van der Waals surface area contributed by atoms with Crippen LogP contribution in [-0.2, 0) is 0 Å². The third-order valence-corrected chi connectivity index (χ3v) is 4.66. The second-order valence-electron chi connectivity index (χ2n) is 3.94. The number of anilines is 1. The van der Waals surface area contributed by atoms with Gasteiger partial charge in [-0.3, -0.25) is 0 Å². The number of hydrogen-bond donors (Lipinski definition) is 2. The number of nitrogen functional groups attached to an aromatic ring is 1. The molecule has 4 N–H and O–H groups in total. The van der Waals surface area contributed by atoms with Crippen LogP contribution in [0.3, 0.4) is 0 Å². The second kappa shape index (κ2) is 4.64. The fourth-order valence-electron chi connectivity index (χ4n) is 1.88. The predicted octanol–water partition coefficient (Wildman–Crippen LogP) is 2.89. The van der Waals surface area contributed by atoms with Gasteiger partial charge >= 0.3 is 0 Å². The van der Waals surface area contributed by atoms with Crippen molar-refractivity contribution in [3.05, 3.63) is 23.2 Å². The molecule has 0 saturated heterocycles. The van der Waals surface area contributed by atoms with Crippen molar-refractivity contribution in [2.45, 2.75) is 35.4 Å². The average molecular weight is 243 g/mol. The van der Waals surface area contributed by atoms with Gasteiger partial charge in [0, 0.05) is 21.9 Å². The van der Waals surface area contributed by atoms with E-state index >= 15 is 0 Å². The zero-order valence-electron chi connectivity index (χ0n) is 8.45. The molecule has 82 valence electrons. The van der Waals surface area contributed by atoms with Crippen molar-refractivity contribution in [3.8, 4) is 0 Å². The molecule has 0 bridgehead atoms. The lowest BCUT2D eigenvalue weighted by molar-refractivity contribution is 0.716. The van der Waals surface area contributed by atoms with Gasteiger partial charge in [-0.2, -0.15) is 0 Å². The highest BCUT2D eigenvalue weighted by molar-refractivity contribution is 8.00. The molecule has 0 aliphatic heterocycles. The first-order valence-corrected chi connectivity index (χ1v) is 6.40. The minimum atomic E-state index is 0.309. The largest absolute Gasteiger partial charge is 0.399 e. The molecule has 1 aromatic carbocycles. The Morgan fingerprint density at radius 1 is 1.33 bits per heavy atom. The van der Waals surface area contributed by atoms with Gasteiger partial charge in [-0.15, -0.1) is 11.8 Å². The lowest BCUT2D eigenvalue weighted by Crippen LogP contribution is -2.26. The summed E-state index contributed by atoms with van der Waals surface area (Å²) in [6, 6.07) is 5.97. The van der Waals surface area contributed by atoms with Crippen LogP contribution in [0.1, 0.15) is 19.3 Å². The van der Waals surface area contributed by atoms with Crippen molar-refractivity contribution in [1.29, 1.82) is 0 Å². The second-order valence-corrected chi connectivity index (χ2v) is 5.63. The van der Waals surface area contributed by atoms with Gasteiger partial charge in [0.2, 0.25) is 0 Å². The summed E-state index contributed by atoms with van der Waals surface area (Å²) in [5.74, 6) is 0. The van der Waals surface area contributed by atoms with Gasteiger partial charge in [0.15, 0.2) is 0 Å². The predicted molar refractivity (Wildman–Crippen MR) is 67.3 cm³/mol. The molecule has 15 heavy (non-hydrogen) atoms. The smallest absolute Gasteiger partial charge is 0.0562 e. The third-order valence-electron chi connectivity index (χ3n) is 2.74. The normalized spacial score (nSPS) is 25.7. The van der Waals surface area contributed by atoms with Gasteiger partial charge in [-0.25, -0.2) is 0 Å². The first-order valence-electron chi connectivity index (χ1n) is 5.14. The molecule has 1 aromatic rings. The number of nitrogens with two attached hydrogens (primary N) is 2. The number of hydrogen-bond acceptors (Lipinski definition) is 3. The molecule has 1 saturated carbocycles. The molecule has 1 aliphatic carbocycles. The summed E-state index contributed by atoms with van der Waals surface area (Å²) in [5.41, 5.74) is 12.4. The Kier molecular flexibility index (Phi) is 3.44. The van der Waals surface area contributed by atoms with Crippen molar-refractivity contribution in [2.75, 3.05) is 5.73 Å². The monoisotopic (exact) mass is 242 g/mol. The summed E-state index contributed by atoms with van der Waals surface area (Å²) in [4.78, 5) is 1.09. The number of benzene rings is 1. The topological polar surface area (TPSA) is 52.0 Å². The highest BCUT2D eigenvalue weighted by atomic mass is 35.5. The van der Waals surface area contributed by atoms with E-state index in [0.717, 1.165) is 16.3 Å². The number of halogens is 1. The summed E-state index contributed by atoms with van der Waals surface area (Å²) < 4.78 is 0. The van der Waals surface area contributed by atoms with Gasteiger partial charge < -0.3 is 11.5 Å². The lowest BCUT2D eigenvalue weighted by Gasteiger charge is -2.15. The van der Waals surface area contributed by atoms with E-state index in [9.17, 15) is 0 Å². The SMILES string of the molecule is Nc1ccc(SC2CCCC2N)c(Cl)c1. The van der Waals surface area contributed by atoms with Crippen LogP contribution in [-0.4, -0.2) is 11.3 Å². The summed E-state index contributed by atoms with van der Waals surface area (Å²) in [5, 5.41) is 1.24. The van der Waals surface area contributed by atoms with Crippen LogP contribution in [0.4, 0.5) is 5.69 Å². The van der Waals surface area contributed by atoms with Gasteiger partial charge in [-0.1, -0.05) is 18.0 Å². The van der Waals surface area contributed by atoms with Crippen molar-refractivity contribution in [1.82, 2.24) is 0 Å². The fraction of sp³-hybridized carbons (Fsp3) is 0.455. The van der Waals surface area contributed by atoms with Crippen LogP contribution in [0, 0.1) is 0 Å². The van der Waals surface area contributed by atoms with Crippen molar-refractivity contribution in [3.63, 3.8) is 0 Å². The maximum atomic E-state index is 6.11. The molecule has 2 nitrogen and oxygen atoms in total. The van der Waals surface area contributed by atoms with Gasteiger partial charge in [0.1, 0.15) is 0 Å². The Bertz CT molecular complexity index is 356. The molecule has 2 rings (SSSR count). The first-order chi connectivity index (χ1) is 7.16. The third kappa shape index (κ3) is 2.60. The van der Waals surface area contributed by atoms with Crippen LogP contribution in [0.25, 0.3) is 0 Å². The van der Waals surface area contributed by atoms with Crippen LogP contribution in [0.15, 0.2) is 23.1 Å². The van der Waals surface area contributed by atoms with E-state index in [-0.39, 0.29) is 0 Å². The van der Waals surface area contributed by atoms with E-state index in [0.29, 0.717) is 17.0 Å². The standard InChI is InChI=1S/C11H15ClN2S/c12-8-6-7(13)4-5-10(8)15-11-3-1-2-9(11)14/h4-6,9,11H,1-3,13-14H2. The quantitative estimate of drug-likeness (QED) is 0.785. The zero-order valence-corrected chi connectivity index (χ0v) is 10.0. The molecule has 0 amide bonds. The Morgan fingerprint density at radius 3 is 2.73 bits per heavy atom. The summed E-state index contributed by atoms with van der Waals surface area (Å²) in [6.45, 7) is 0. The molecule has 0 heterocycles. The Labute approximate surface area is 99.4 Å². The maximum Gasteiger partial charge on any atom is 0.0562 e. The molecule has 1 fully saturated rings. The van der Waals surface area contributed by atoms with E-state index in [1.807, 2.05) is 12.1 Å². The molecule has 2 atom stereocenters. The Morgan fingerprint density at radius 2 is 2.13 bits per heavy atom. The fourth-order valence-corrected chi connectivity index (χ4v) is 3.44. The van der Waals surface area contributed by atoms with Crippen LogP contribution in [0.2, 0.25) is 5.02 Å². The highest BCUT2D eigenvalue weighted by Gasteiger charge is 2.25. The molecule has 0 spiro atoms. The van der Waals surface area contributed by atoms with Crippen LogP contribution >= 0.6 is 23.4 Å². The summed E-state index contributed by atoms with van der Waals surface area (Å²) in [7, 11) is 0. The molecule has 0 aromatic heterocycles. The van der Waals surface area contributed by atoms with Crippen molar-refractivity contribution >= 4 is 29.1 Å². The van der Waals surface area contributed by atoms with Gasteiger partial charge in [-0.05, 0) is 31.0 Å². The van der Waals surface area contributed by atoms with Crippen LogP contribution in [0.5, 0.6) is 0 Å². The van der Waals surface area contributed by atoms with Crippen molar-refractivity contribution < 1.29 is 0 Å². The van der Waals surface area contributed by atoms with E-state index < -0.39 is 0 Å². The van der Waals surface area contributed by atoms with E-state index in [1.54, 1.807) is 17.8 Å². The van der Waals surface area contributed by atoms with Gasteiger partial charge in [0.05, 0.1) is 5.02 Å². The summed E-state index contributed by atoms with van der Waals surface area (Å²) in [6.07, 6.45) is 3.54. The minimum absolute atomic E-state index is 0.309. The minimum Gasteiger partial charge on any atom is -0.399 e. The van der Waals surface area contributed by atoms with E-state index in [2.05, 4.69) is 0 Å². The maximum absolute atomic E-state index is 6.11. The van der Waals surface area contributed by atoms with Gasteiger partial charge in [0.25, 0.3) is 0 Å². The molecule has 4 heteroatoms. The van der Waals surface area contributed by atoms with E-state index in [1.165, 1.54) is 12.8 Å². The van der Waals surface area contributed by atoms with Crippen LogP contribution < -0.4 is 11.5 Å². The summed E-state index contributed by atoms with van der Waals surface area (Å²) >= 11 is 7.90. The number of rotatable bonds is 2. The molecular formula is C11H15ClN2S. The molecular weight excluding hydrogens is 228 g/mol. The molecule has 2 unspecified atom stereocenters. The first kappa shape index (κ1) is 11.1. The highest BCUT2D eigenvalue weighted by Crippen LogP contribution is 2.37. The molecule has 0 radical (unpaired) electrons. The Balaban J connectivity index is 2.10. The lowest BCUT2D eigenvalue weighted by atomic mass is 10.3. The average Bonchev–Trinajstić information content (AvgIpc) is 2.57. The zero-order chi connectivity index (χ0) is 10.8. The van der Waals surface area contributed by atoms with E-state index in [4.69, 9.17) is 23.1 Å². The number of thioether (sulfide) groups is 1. The Hall–Kier alpha value is -0.380.